The van der Waals surface area contributed by atoms with Gasteiger partial charge >= 0.3 is 0 Å². The van der Waals surface area contributed by atoms with Crippen LogP contribution < -0.4 is 0 Å². The first-order valence-corrected chi connectivity index (χ1v) is 13.6. The lowest BCUT2D eigenvalue weighted by Crippen LogP contribution is -2.48. The summed E-state index contributed by atoms with van der Waals surface area (Å²) in [6.07, 6.45) is 0. The summed E-state index contributed by atoms with van der Waals surface area (Å²) in [7, 11) is 0. The number of H-pyrrole nitrogens is 1. The summed E-state index contributed by atoms with van der Waals surface area (Å²) >= 11 is 7.08. The number of nitrogens with zero attached hydrogens (tertiary/aromatic N) is 4. The molecular weight excluding hydrogens is 498 g/mol. The maximum absolute atomic E-state index is 10.7. The fourth-order valence-corrected chi connectivity index (χ4v) is 5.80. The minimum Gasteiger partial charge on any atom is -0.510 e. The van der Waals surface area contributed by atoms with Crippen LogP contribution in [0.4, 0.5) is 0 Å². The lowest BCUT2D eigenvalue weighted by molar-refractivity contribution is 0.153. The summed E-state index contributed by atoms with van der Waals surface area (Å²) in [6, 6.07) is 31.0. The molecule has 0 amide bonds. The van der Waals surface area contributed by atoms with Crippen molar-refractivity contribution in [3.63, 3.8) is 0 Å². The molecule has 1 saturated heterocycles. The zero-order valence-corrected chi connectivity index (χ0v) is 21.9. The van der Waals surface area contributed by atoms with Gasteiger partial charge in [-0.15, -0.1) is 0 Å². The standard InChI is InChI=1S/C29H27N5OS2/c30-19-23(28-31-24-13-7-8-14-25(24)32-28)26(35)20-37-29(36)34-17-15-33(16-18-34)27(21-9-3-1-4-10-21)22-11-5-2-6-12-22/h1-14,27,35H,15-18,20H2,(H,31,32)/b26-23-. The third kappa shape index (κ3) is 5.70. The number of benzene rings is 3. The number of nitriles is 1. The van der Waals surface area contributed by atoms with Crippen molar-refractivity contribution in [3.05, 3.63) is 108 Å². The van der Waals surface area contributed by atoms with Crippen LogP contribution in [-0.2, 0) is 0 Å². The third-order valence-electron chi connectivity index (χ3n) is 6.53. The van der Waals surface area contributed by atoms with Crippen molar-refractivity contribution in [1.82, 2.24) is 19.8 Å². The zero-order chi connectivity index (χ0) is 25.6. The topological polar surface area (TPSA) is 79.2 Å². The number of hydrogen-bond acceptors (Lipinski definition) is 6. The molecule has 2 heterocycles. The monoisotopic (exact) mass is 525 g/mol. The Kier molecular flexibility index (Phi) is 7.85. The number of piperazine rings is 1. The predicted octanol–water partition coefficient (Wildman–Crippen LogP) is 5.78. The number of rotatable bonds is 6. The molecule has 3 aromatic carbocycles. The number of imidazole rings is 1. The van der Waals surface area contributed by atoms with Crippen LogP contribution in [-0.4, -0.2) is 61.1 Å². The molecule has 0 unspecified atom stereocenters. The molecule has 186 valence electrons. The molecule has 1 aliphatic rings. The maximum Gasteiger partial charge on any atom is 0.152 e. The van der Waals surface area contributed by atoms with Crippen molar-refractivity contribution in [2.75, 3.05) is 31.9 Å². The Labute approximate surface area is 226 Å². The zero-order valence-electron chi connectivity index (χ0n) is 20.2. The first kappa shape index (κ1) is 25.0. The molecular formula is C29H27N5OS2. The normalized spacial score (nSPS) is 15.0. The number of allylic oxidation sites excluding steroid dienone is 1. The summed E-state index contributed by atoms with van der Waals surface area (Å²) in [5.41, 5.74) is 4.28. The average Bonchev–Trinajstić information content (AvgIpc) is 3.38. The number of aliphatic hydroxyl groups is 1. The summed E-state index contributed by atoms with van der Waals surface area (Å²) in [6.45, 7) is 3.36. The number of aromatic amines is 1. The van der Waals surface area contributed by atoms with E-state index in [-0.39, 0.29) is 23.1 Å². The van der Waals surface area contributed by atoms with Gasteiger partial charge in [-0.05, 0) is 23.3 Å². The van der Waals surface area contributed by atoms with Gasteiger partial charge in [0.25, 0.3) is 0 Å². The lowest BCUT2D eigenvalue weighted by atomic mass is 9.96. The first-order valence-electron chi connectivity index (χ1n) is 12.2. The van der Waals surface area contributed by atoms with Gasteiger partial charge in [0.1, 0.15) is 21.7 Å². The predicted molar refractivity (Wildman–Crippen MR) is 154 cm³/mol. The van der Waals surface area contributed by atoms with Gasteiger partial charge < -0.3 is 15.0 Å². The van der Waals surface area contributed by atoms with Crippen molar-refractivity contribution >= 4 is 44.9 Å². The van der Waals surface area contributed by atoms with Crippen LogP contribution in [0.5, 0.6) is 0 Å². The van der Waals surface area contributed by atoms with Gasteiger partial charge in [0.05, 0.1) is 22.8 Å². The van der Waals surface area contributed by atoms with Gasteiger partial charge in [0.15, 0.2) is 5.82 Å². The van der Waals surface area contributed by atoms with Crippen molar-refractivity contribution in [3.8, 4) is 6.07 Å². The van der Waals surface area contributed by atoms with E-state index in [1.807, 2.05) is 24.3 Å². The SMILES string of the molecule is N#C/C(=C(/O)CSC(=S)N1CCN(C(c2ccccc2)c2ccccc2)CC1)c1nc2ccccc2[nH]1. The van der Waals surface area contributed by atoms with Crippen molar-refractivity contribution in [2.45, 2.75) is 6.04 Å². The Morgan fingerprint density at radius 1 is 0.946 bits per heavy atom. The Balaban J connectivity index is 1.22. The molecule has 1 aliphatic heterocycles. The molecule has 8 heteroatoms. The molecule has 0 spiro atoms. The van der Waals surface area contributed by atoms with Crippen molar-refractivity contribution in [1.29, 1.82) is 5.26 Å². The number of hydrogen-bond donors (Lipinski definition) is 2. The number of fused-ring (bicyclic) bond motifs is 1. The summed E-state index contributed by atoms with van der Waals surface area (Å²) in [5, 5.41) is 20.4. The molecule has 37 heavy (non-hydrogen) atoms. The number of thiocarbonyl (C=S) groups is 1. The van der Waals surface area contributed by atoms with E-state index in [2.05, 4.69) is 86.5 Å². The highest BCUT2D eigenvalue weighted by molar-refractivity contribution is 8.23. The molecule has 2 N–H and O–H groups in total. The Bertz CT molecular complexity index is 1360. The van der Waals surface area contributed by atoms with E-state index in [1.54, 1.807) is 0 Å². The minimum absolute atomic E-state index is 0.0271. The second kappa shape index (κ2) is 11.6. The van der Waals surface area contributed by atoms with E-state index in [9.17, 15) is 10.4 Å². The van der Waals surface area contributed by atoms with Gasteiger partial charge in [-0.25, -0.2) is 4.98 Å². The van der Waals surface area contributed by atoms with E-state index in [1.165, 1.54) is 22.9 Å². The van der Waals surface area contributed by atoms with E-state index in [0.717, 1.165) is 41.5 Å². The van der Waals surface area contributed by atoms with Crippen LogP contribution >= 0.6 is 24.0 Å². The number of aromatic nitrogens is 2. The molecule has 1 aromatic heterocycles. The average molecular weight is 526 g/mol. The number of nitrogens with one attached hydrogen (secondary N) is 1. The highest BCUT2D eigenvalue weighted by Crippen LogP contribution is 2.30. The third-order valence-corrected chi connectivity index (χ3v) is 8.06. The molecule has 0 atom stereocenters. The second-order valence-corrected chi connectivity index (χ2v) is 10.4. The largest absolute Gasteiger partial charge is 0.510 e. The fourth-order valence-electron chi connectivity index (χ4n) is 4.67. The van der Waals surface area contributed by atoms with Crippen LogP contribution in [0.2, 0.25) is 0 Å². The molecule has 0 saturated carbocycles. The maximum atomic E-state index is 10.7. The number of thioether (sulfide) groups is 1. The fraction of sp³-hybridized carbons (Fsp3) is 0.207. The van der Waals surface area contributed by atoms with Crippen molar-refractivity contribution < 1.29 is 5.11 Å². The van der Waals surface area contributed by atoms with Crippen LogP contribution in [0.1, 0.15) is 23.0 Å². The van der Waals surface area contributed by atoms with Gasteiger partial charge in [-0.1, -0.05) is 96.8 Å². The quantitative estimate of drug-likeness (QED) is 0.188. The van der Waals surface area contributed by atoms with Crippen LogP contribution in [0.15, 0.2) is 90.7 Å². The highest BCUT2D eigenvalue weighted by Gasteiger charge is 2.27. The summed E-state index contributed by atoms with van der Waals surface area (Å²) in [4.78, 5) is 12.2. The van der Waals surface area contributed by atoms with Gasteiger partial charge in [-0.3, -0.25) is 4.90 Å². The molecule has 0 bridgehead atoms. The smallest absolute Gasteiger partial charge is 0.152 e. The summed E-state index contributed by atoms with van der Waals surface area (Å²) < 4.78 is 0.726. The van der Waals surface area contributed by atoms with Gasteiger partial charge in [0.2, 0.25) is 0 Å². The van der Waals surface area contributed by atoms with Crippen LogP contribution in [0.25, 0.3) is 16.6 Å². The van der Waals surface area contributed by atoms with E-state index < -0.39 is 0 Å². The van der Waals surface area contributed by atoms with Crippen molar-refractivity contribution in [2.24, 2.45) is 0 Å². The number of aliphatic hydroxyl groups excluding tert-OH is 1. The Morgan fingerprint density at radius 3 is 2.14 bits per heavy atom. The second-order valence-electron chi connectivity index (χ2n) is 8.84. The Hall–Kier alpha value is -3.64. The van der Waals surface area contributed by atoms with E-state index in [4.69, 9.17) is 12.2 Å². The first-order chi connectivity index (χ1) is 18.1. The molecule has 4 aromatic rings. The van der Waals surface area contributed by atoms with E-state index in [0.29, 0.717) is 5.82 Å². The molecule has 1 fully saturated rings. The van der Waals surface area contributed by atoms with Gasteiger partial charge in [-0.2, -0.15) is 5.26 Å². The molecule has 0 radical (unpaired) electrons. The van der Waals surface area contributed by atoms with Gasteiger partial charge in [0, 0.05) is 26.2 Å². The van der Waals surface area contributed by atoms with Crippen LogP contribution in [0.3, 0.4) is 0 Å². The molecule has 5 rings (SSSR count). The van der Waals surface area contributed by atoms with E-state index >= 15 is 0 Å². The molecule has 0 aliphatic carbocycles. The highest BCUT2D eigenvalue weighted by atomic mass is 32.2. The Morgan fingerprint density at radius 2 is 1.54 bits per heavy atom. The molecule has 6 nitrogen and oxygen atoms in total. The lowest BCUT2D eigenvalue weighted by Gasteiger charge is -2.40. The number of para-hydroxylation sites is 2. The summed E-state index contributed by atoms with van der Waals surface area (Å²) in [5.74, 6) is 0.560. The van der Waals surface area contributed by atoms with Crippen LogP contribution in [0, 0.1) is 11.3 Å². The minimum atomic E-state index is -0.0271.